The molecule has 0 bridgehead atoms. The number of hydrogen-bond donors (Lipinski definition) is 2. The van der Waals surface area contributed by atoms with E-state index in [2.05, 4.69) is 4.98 Å². The lowest BCUT2D eigenvalue weighted by molar-refractivity contribution is 0.501. The van der Waals surface area contributed by atoms with Crippen molar-refractivity contribution in [1.82, 2.24) is 9.55 Å². The highest BCUT2D eigenvalue weighted by Gasteiger charge is 2.18. The number of nitrogens with zero attached hydrogens (tertiary/aromatic N) is 3. The van der Waals surface area contributed by atoms with Crippen LogP contribution in [0, 0.1) is 11.3 Å². The van der Waals surface area contributed by atoms with E-state index in [4.69, 9.17) is 11.0 Å². The fraction of sp³-hybridized carbons (Fsp3) is 0.353. The monoisotopic (exact) mass is 325 g/mol. The van der Waals surface area contributed by atoms with E-state index in [-0.39, 0.29) is 18.1 Å². The van der Waals surface area contributed by atoms with Gasteiger partial charge in [0.1, 0.15) is 5.82 Å². The van der Waals surface area contributed by atoms with Gasteiger partial charge in [-0.1, -0.05) is 12.1 Å². The summed E-state index contributed by atoms with van der Waals surface area (Å²) in [4.78, 5) is 29.4. The summed E-state index contributed by atoms with van der Waals surface area (Å²) in [7, 11) is 0. The summed E-state index contributed by atoms with van der Waals surface area (Å²) in [6, 6.07) is 10.3. The maximum Gasteiger partial charge on any atom is 0.330 e. The van der Waals surface area contributed by atoms with Gasteiger partial charge in [-0.25, -0.2) is 4.79 Å². The molecule has 24 heavy (non-hydrogen) atoms. The van der Waals surface area contributed by atoms with E-state index in [1.54, 1.807) is 24.3 Å². The number of benzene rings is 1. The second-order valence-corrected chi connectivity index (χ2v) is 6.04. The minimum atomic E-state index is -0.444. The average Bonchev–Trinajstić information content (AvgIpc) is 2.58. The van der Waals surface area contributed by atoms with Gasteiger partial charge < -0.3 is 10.6 Å². The third kappa shape index (κ3) is 3.39. The van der Waals surface area contributed by atoms with Crippen LogP contribution in [-0.4, -0.2) is 28.7 Å². The van der Waals surface area contributed by atoms with Crippen molar-refractivity contribution in [3.63, 3.8) is 0 Å². The molecule has 124 valence electrons. The van der Waals surface area contributed by atoms with Crippen LogP contribution in [0.15, 0.2) is 39.9 Å². The Morgan fingerprint density at radius 1 is 1.29 bits per heavy atom. The molecule has 0 saturated carbocycles. The first-order chi connectivity index (χ1) is 11.6. The smallest absolute Gasteiger partial charge is 0.330 e. The van der Waals surface area contributed by atoms with Gasteiger partial charge in [-0.15, -0.1) is 0 Å². The summed E-state index contributed by atoms with van der Waals surface area (Å²) in [5.41, 5.74) is 6.49. The third-order valence-electron chi connectivity index (χ3n) is 4.23. The van der Waals surface area contributed by atoms with E-state index >= 15 is 0 Å². The van der Waals surface area contributed by atoms with E-state index in [9.17, 15) is 9.59 Å². The quantitative estimate of drug-likeness (QED) is 0.848. The van der Waals surface area contributed by atoms with E-state index < -0.39 is 5.69 Å². The van der Waals surface area contributed by atoms with Crippen molar-refractivity contribution < 1.29 is 0 Å². The first-order valence-corrected chi connectivity index (χ1v) is 7.90. The molecule has 1 fully saturated rings. The Hall–Kier alpha value is -2.85. The molecule has 1 aliphatic rings. The Labute approximate surface area is 139 Å². The molecule has 3 N–H and O–H groups in total. The van der Waals surface area contributed by atoms with Gasteiger partial charge in [-0.05, 0) is 30.5 Å². The highest BCUT2D eigenvalue weighted by atomic mass is 16.2. The second kappa shape index (κ2) is 6.72. The number of aromatic nitrogens is 2. The molecule has 1 aromatic carbocycles. The van der Waals surface area contributed by atoms with Crippen LogP contribution in [0.2, 0.25) is 0 Å². The van der Waals surface area contributed by atoms with Crippen molar-refractivity contribution in [2.75, 3.05) is 18.0 Å². The van der Waals surface area contributed by atoms with Gasteiger partial charge in [-0.2, -0.15) is 5.26 Å². The van der Waals surface area contributed by atoms with Crippen molar-refractivity contribution in [1.29, 1.82) is 5.26 Å². The number of nitrogens with one attached hydrogen (secondary N) is 1. The largest absolute Gasteiger partial charge is 0.356 e. The lowest BCUT2D eigenvalue weighted by Gasteiger charge is -2.31. The zero-order chi connectivity index (χ0) is 17.1. The topological polar surface area (TPSA) is 108 Å². The van der Waals surface area contributed by atoms with Gasteiger partial charge in [0, 0.05) is 25.2 Å². The molecule has 1 aromatic heterocycles. The van der Waals surface area contributed by atoms with Gasteiger partial charge in [0.25, 0.3) is 5.56 Å². The van der Waals surface area contributed by atoms with E-state index in [0.717, 1.165) is 29.5 Å². The molecule has 1 aliphatic heterocycles. The number of aromatic amines is 1. The minimum absolute atomic E-state index is 0.0586. The Balaban J connectivity index is 1.86. The van der Waals surface area contributed by atoms with E-state index in [1.165, 1.54) is 6.07 Å². The lowest BCUT2D eigenvalue weighted by atomic mass is 10.1. The van der Waals surface area contributed by atoms with Crippen LogP contribution < -0.4 is 21.9 Å². The summed E-state index contributed by atoms with van der Waals surface area (Å²) >= 11 is 0. The fourth-order valence-corrected chi connectivity index (χ4v) is 2.92. The first-order valence-electron chi connectivity index (χ1n) is 7.90. The third-order valence-corrected chi connectivity index (χ3v) is 4.23. The maximum absolute atomic E-state index is 12.3. The van der Waals surface area contributed by atoms with Crippen LogP contribution in [0.5, 0.6) is 0 Å². The summed E-state index contributed by atoms with van der Waals surface area (Å²) in [5.74, 6) is 0.524. The molecular formula is C17H19N5O2. The molecule has 7 nitrogen and oxygen atoms in total. The van der Waals surface area contributed by atoms with Crippen LogP contribution in [0.25, 0.3) is 0 Å². The number of H-pyrrole nitrogens is 1. The molecule has 1 saturated heterocycles. The van der Waals surface area contributed by atoms with Crippen LogP contribution in [0.4, 0.5) is 5.82 Å². The molecule has 1 atom stereocenters. The summed E-state index contributed by atoms with van der Waals surface area (Å²) in [6.07, 6.45) is 1.90. The number of hydrogen-bond acceptors (Lipinski definition) is 5. The van der Waals surface area contributed by atoms with Crippen molar-refractivity contribution in [3.05, 3.63) is 62.3 Å². The molecule has 2 aromatic rings. The first kappa shape index (κ1) is 16.0. The Bertz CT molecular complexity index is 844. The number of nitrogens with two attached hydrogens (primary N) is 1. The molecule has 0 radical (unpaired) electrons. The maximum atomic E-state index is 12.3. The highest BCUT2D eigenvalue weighted by Crippen LogP contribution is 2.14. The predicted octanol–water partition coefficient (Wildman–Crippen LogP) is 0.384. The summed E-state index contributed by atoms with van der Waals surface area (Å²) in [6.45, 7) is 1.58. The second-order valence-electron chi connectivity index (χ2n) is 6.04. The molecule has 0 spiro atoms. The van der Waals surface area contributed by atoms with E-state index in [0.29, 0.717) is 17.9 Å². The molecule has 0 amide bonds. The number of piperidine rings is 1. The van der Waals surface area contributed by atoms with Crippen molar-refractivity contribution >= 4 is 5.82 Å². The SMILES string of the molecule is N#Cc1ccc(Cn2c(=O)cc(N3CCC[C@@H](N)C3)[nH]c2=O)cc1. The Morgan fingerprint density at radius 3 is 2.67 bits per heavy atom. The predicted molar refractivity (Wildman–Crippen MR) is 91.0 cm³/mol. The van der Waals surface area contributed by atoms with Gasteiger partial charge in [-0.3, -0.25) is 14.3 Å². The number of anilines is 1. The average molecular weight is 325 g/mol. The number of rotatable bonds is 3. The normalized spacial score (nSPS) is 17.5. The highest BCUT2D eigenvalue weighted by molar-refractivity contribution is 5.38. The van der Waals surface area contributed by atoms with Gasteiger partial charge in [0.15, 0.2) is 0 Å². The van der Waals surface area contributed by atoms with Gasteiger partial charge in [0.05, 0.1) is 18.2 Å². The lowest BCUT2D eigenvalue weighted by Crippen LogP contribution is -2.45. The molecule has 3 rings (SSSR count). The van der Waals surface area contributed by atoms with Crippen molar-refractivity contribution in [2.45, 2.75) is 25.4 Å². The molecule has 2 heterocycles. The number of nitriles is 1. The van der Waals surface area contributed by atoms with Crippen LogP contribution in [-0.2, 0) is 6.54 Å². The zero-order valence-corrected chi connectivity index (χ0v) is 13.2. The molecule has 0 aliphatic carbocycles. The van der Waals surface area contributed by atoms with Crippen LogP contribution in [0.3, 0.4) is 0 Å². The zero-order valence-electron chi connectivity index (χ0n) is 13.2. The van der Waals surface area contributed by atoms with Crippen LogP contribution in [0.1, 0.15) is 24.0 Å². The van der Waals surface area contributed by atoms with Gasteiger partial charge >= 0.3 is 5.69 Å². The Morgan fingerprint density at radius 2 is 2.04 bits per heavy atom. The van der Waals surface area contributed by atoms with Crippen molar-refractivity contribution in [2.24, 2.45) is 5.73 Å². The van der Waals surface area contributed by atoms with E-state index in [1.807, 2.05) is 11.0 Å². The molecular weight excluding hydrogens is 306 g/mol. The molecule has 7 heteroatoms. The summed E-state index contributed by atoms with van der Waals surface area (Å²) in [5, 5.41) is 8.81. The fourth-order valence-electron chi connectivity index (χ4n) is 2.92. The molecule has 0 unspecified atom stereocenters. The van der Waals surface area contributed by atoms with Crippen LogP contribution >= 0.6 is 0 Å². The van der Waals surface area contributed by atoms with Crippen molar-refractivity contribution in [3.8, 4) is 6.07 Å². The summed E-state index contributed by atoms with van der Waals surface area (Å²) < 4.78 is 1.15. The standard InChI is InChI=1S/C17H19N5O2/c18-9-12-3-5-13(6-4-12)10-22-16(23)8-15(20-17(22)24)21-7-1-2-14(19)11-21/h3-6,8,14H,1-2,7,10-11,19H2,(H,20,24)/t14-/m1/s1. The minimum Gasteiger partial charge on any atom is -0.356 e. The van der Waals surface area contributed by atoms with Gasteiger partial charge in [0.2, 0.25) is 0 Å². The Kier molecular flexibility index (Phi) is 4.49.